The van der Waals surface area contributed by atoms with E-state index in [2.05, 4.69) is 5.32 Å². The van der Waals surface area contributed by atoms with Crippen LogP contribution < -0.4 is 10.6 Å². The molecule has 0 aliphatic rings. The molecule has 0 aliphatic carbocycles. The summed E-state index contributed by atoms with van der Waals surface area (Å²) in [4.78, 5) is 19.7. The van der Waals surface area contributed by atoms with E-state index in [1.54, 1.807) is 5.32 Å². The lowest BCUT2D eigenvalue weighted by atomic mass is 10.5. The highest BCUT2D eigenvalue weighted by molar-refractivity contribution is 5.81. The predicted octanol–water partition coefficient (Wildman–Crippen LogP) is -0.589. The minimum absolute atomic E-state index is 0.0225. The Morgan fingerprint density at radius 3 is 2.33 bits per heavy atom. The Morgan fingerprint density at radius 1 is 1.33 bits per heavy atom. The van der Waals surface area contributed by atoms with Crippen molar-refractivity contribution < 1.29 is 22.8 Å². The van der Waals surface area contributed by atoms with Crippen LogP contribution in [0.25, 0.3) is 0 Å². The summed E-state index contributed by atoms with van der Waals surface area (Å²) in [5.41, 5.74) is 0. The van der Waals surface area contributed by atoms with Gasteiger partial charge in [0.2, 0.25) is 6.41 Å². The first-order chi connectivity index (χ1) is 5.48. The summed E-state index contributed by atoms with van der Waals surface area (Å²) >= 11 is 0. The quantitative estimate of drug-likeness (QED) is 0.453. The number of nitrogens with one attached hydrogen (secondary N) is 2. The van der Waals surface area contributed by atoms with Gasteiger partial charge in [-0.15, -0.1) is 0 Å². The Hall–Kier alpha value is -1.27. The minimum Gasteiger partial charge on any atom is -0.357 e. The SMILES string of the molecule is O=CNCCNC(=O)C(F)(F)F. The zero-order valence-electron chi connectivity index (χ0n) is 5.94. The van der Waals surface area contributed by atoms with Crippen LogP contribution in [0, 0.1) is 0 Å². The van der Waals surface area contributed by atoms with Gasteiger partial charge >= 0.3 is 12.1 Å². The number of halogens is 3. The summed E-state index contributed by atoms with van der Waals surface area (Å²) in [6.07, 6.45) is -4.53. The molecule has 0 bridgehead atoms. The van der Waals surface area contributed by atoms with Crippen molar-refractivity contribution in [3.8, 4) is 0 Å². The molecular weight excluding hydrogens is 177 g/mol. The second-order valence-corrected chi connectivity index (χ2v) is 1.83. The summed E-state index contributed by atoms with van der Waals surface area (Å²) in [6.45, 7) is -0.262. The van der Waals surface area contributed by atoms with Gasteiger partial charge in [0.05, 0.1) is 0 Å². The van der Waals surface area contributed by atoms with Crippen LogP contribution >= 0.6 is 0 Å². The van der Waals surface area contributed by atoms with Gasteiger partial charge in [0.25, 0.3) is 0 Å². The lowest BCUT2D eigenvalue weighted by Gasteiger charge is -2.06. The Balaban J connectivity index is 3.51. The van der Waals surface area contributed by atoms with Crippen molar-refractivity contribution in [1.29, 1.82) is 0 Å². The maximum atomic E-state index is 11.5. The van der Waals surface area contributed by atoms with E-state index in [-0.39, 0.29) is 13.1 Å². The maximum Gasteiger partial charge on any atom is 0.471 e. The molecule has 0 spiro atoms. The molecule has 0 saturated carbocycles. The summed E-state index contributed by atoms with van der Waals surface area (Å²) in [6, 6.07) is 0. The highest BCUT2D eigenvalue weighted by Gasteiger charge is 2.38. The molecule has 12 heavy (non-hydrogen) atoms. The first-order valence-corrected chi connectivity index (χ1v) is 3.00. The molecule has 0 radical (unpaired) electrons. The largest absolute Gasteiger partial charge is 0.471 e. The van der Waals surface area contributed by atoms with Crippen LogP contribution in [0.15, 0.2) is 0 Å². The summed E-state index contributed by atoms with van der Waals surface area (Å²) in [7, 11) is 0. The fourth-order valence-corrected chi connectivity index (χ4v) is 0.407. The lowest BCUT2D eigenvalue weighted by molar-refractivity contribution is -0.173. The van der Waals surface area contributed by atoms with Crippen molar-refractivity contribution in [1.82, 2.24) is 10.6 Å². The summed E-state index contributed by atoms with van der Waals surface area (Å²) in [5, 5.41) is 3.66. The second kappa shape index (κ2) is 4.58. The van der Waals surface area contributed by atoms with Crippen LogP contribution in [0.4, 0.5) is 13.2 Å². The number of carbonyl (C=O) groups is 2. The number of alkyl halides is 3. The Morgan fingerprint density at radius 2 is 1.92 bits per heavy atom. The van der Waals surface area contributed by atoms with Gasteiger partial charge in [-0.1, -0.05) is 0 Å². The topological polar surface area (TPSA) is 58.2 Å². The van der Waals surface area contributed by atoms with Gasteiger partial charge in [-0.05, 0) is 0 Å². The van der Waals surface area contributed by atoms with E-state index in [4.69, 9.17) is 0 Å². The second-order valence-electron chi connectivity index (χ2n) is 1.83. The first-order valence-electron chi connectivity index (χ1n) is 3.00. The number of rotatable bonds is 4. The highest BCUT2D eigenvalue weighted by atomic mass is 19.4. The van der Waals surface area contributed by atoms with Crippen molar-refractivity contribution >= 4 is 12.3 Å². The number of carbonyl (C=O) groups excluding carboxylic acids is 2. The molecule has 0 unspecified atom stereocenters. The molecule has 0 atom stereocenters. The third-order valence-electron chi connectivity index (χ3n) is 0.896. The fraction of sp³-hybridized carbons (Fsp3) is 0.600. The molecule has 0 aliphatic heterocycles. The van der Waals surface area contributed by atoms with Gasteiger partial charge < -0.3 is 10.6 Å². The van der Waals surface area contributed by atoms with Gasteiger partial charge in [0, 0.05) is 13.1 Å². The van der Waals surface area contributed by atoms with E-state index in [0.29, 0.717) is 6.41 Å². The predicted molar refractivity (Wildman–Crippen MR) is 33.1 cm³/mol. The van der Waals surface area contributed by atoms with Gasteiger partial charge in [-0.3, -0.25) is 9.59 Å². The van der Waals surface area contributed by atoms with Crippen molar-refractivity contribution in [3.05, 3.63) is 0 Å². The third-order valence-corrected chi connectivity index (χ3v) is 0.896. The van der Waals surface area contributed by atoms with Gasteiger partial charge in [-0.2, -0.15) is 13.2 Å². The summed E-state index contributed by atoms with van der Waals surface area (Å²) in [5.74, 6) is -2.00. The monoisotopic (exact) mass is 184 g/mol. The molecule has 4 nitrogen and oxygen atoms in total. The average molecular weight is 184 g/mol. The van der Waals surface area contributed by atoms with E-state index in [1.165, 1.54) is 0 Å². The normalized spacial score (nSPS) is 10.6. The molecule has 70 valence electrons. The van der Waals surface area contributed by atoms with Crippen LogP contribution in [0.3, 0.4) is 0 Å². The minimum atomic E-state index is -4.86. The average Bonchev–Trinajstić information content (AvgIpc) is 1.96. The van der Waals surface area contributed by atoms with Crippen LogP contribution in [0.1, 0.15) is 0 Å². The molecule has 0 fully saturated rings. The van der Waals surface area contributed by atoms with Gasteiger partial charge in [-0.25, -0.2) is 0 Å². The third kappa shape index (κ3) is 4.53. The van der Waals surface area contributed by atoms with Gasteiger partial charge in [0.1, 0.15) is 0 Å². The molecule has 0 aromatic heterocycles. The Labute approximate surface area is 66.1 Å². The fourth-order valence-electron chi connectivity index (χ4n) is 0.407. The van der Waals surface area contributed by atoms with Crippen LogP contribution in [-0.4, -0.2) is 31.6 Å². The lowest BCUT2D eigenvalue weighted by Crippen LogP contribution is -2.40. The van der Waals surface area contributed by atoms with E-state index in [1.807, 2.05) is 0 Å². The number of amides is 2. The smallest absolute Gasteiger partial charge is 0.357 e. The number of hydrogen-bond donors (Lipinski definition) is 2. The molecular formula is C5H7F3N2O2. The standard InChI is InChI=1S/C5H7F3N2O2/c6-5(7,8)4(12)10-2-1-9-3-11/h3H,1-2H2,(H,9,11)(H,10,12). The van der Waals surface area contributed by atoms with E-state index < -0.39 is 12.1 Å². The molecule has 7 heteroatoms. The van der Waals surface area contributed by atoms with Crippen molar-refractivity contribution in [2.24, 2.45) is 0 Å². The molecule has 0 rings (SSSR count). The Bertz CT molecular complexity index is 169. The zero-order chi connectivity index (χ0) is 9.61. The molecule has 2 amide bonds. The highest BCUT2D eigenvalue weighted by Crippen LogP contribution is 2.13. The number of hydrogen-bond acceptors (Lipinski definition) is 2. The van der Waals surface area contributed by atoms with Crippen molar-refractivity contribution in [2.75, 3.05) is 13.1 Å². The molecule has 2 N–H and O–H groups in total. The van der Waals surface area contributed by atoms with Crippen molar-refractivity contribution in [3.63, 3.8) is 0 Å². The molecule has 0 saturated heterocycles. The van der Waals surface area contributed by atoms with Crippen molar-refractivity contribution in [2.45, 2.75) is 6.18 Å². The molecule has 0 aromatic carbocycles. The summed E-state index contributed by atoms with van der Waals surface area (Å²) < 4.78 is 34.4. The first kappa shape index (κ1) is 10.7. The van der Waals surface area contributed by atoms with Crippen LogP contribution in [0.5, 0.6) is 0 Å². The van der Waals surface area contributed by atoms with Crippen LogP contribution in [0.2, 0.25) is 0 Å². The van der Waals surface area contributed by atoms with Crippen LogP contribution in [-0.2, 0) is 9.59 Å². The maximum absolute atomic E-state index is 11.5. The van der Waals surface area contributed by atoms with E-state index in [9.17, 15) is 22.8 Å². The molecule has 0 heterocycles. The zero-order valence-corrected chi connectivity index (χ0v) is 5.94. The van der Waals surface area contributed by atoms with E-state index >= 15 is 0 Å². The Kier molecular flexibility index (Phi) is 4.09. The van der Waals surface area contributed by atoms with E-state index in [0.717, 1.165) is 0 Å². The van der Waals surface area contributed by atoms with Gasteiger partial charge in [0.15, 0.2) is 0 Å². The molecule has 0 aromatic rings.